The lowest BCUT2D eigenvalue weighted by atomic mass is 9.74. The summed E-state index contributed by atoms with van der Waals surface area (Å²) in [6, 6.07) is 15.4. The van der Waals surface area contributed by atoms with E-state index in [1.807, 2.05) is 49.4 Å². The zero-order chi connectivity index (χ0) is 23.1. The van der Waals surface area contributed by atoms with Crippen LogP contribution in [0.15, 0.2) is 53.1 Å². The summed E-state index contributed by atoms with van der Waals surface area (Å²) >= 11 is 6.23. The molecule has 1 fully saturated rings. The van der Waals surface area contributed by atoms with E-state index in [-0.39, 0.29) is 17.7 Å². The summed E-state index contributed by atoms with van der Waals surface area (Å²) in [4.78, 5) is 17.0. The molecule has 3 aromatic rings. The second kappa shape index (κ2) is 10.8. The normalized spacial score (nSPS) is 15.2. The highest BCUT2D eigenvalue weighted by Crippen LogP contribution is 2.35. The first-order valence-corrected chi connectivity index (χ1v) is 11.6. The van der Waals surface area contributed by atoms with Crippen LogP contribution in [-0.2, 0) is 21.4 Å². The number of nitrogens with one attached hydrogen (secondary N) is 1. The van der Waals surface area contributed by atoms with E-state index < -0.39 is 0 Å². The number of carbonyl (C=O) groups is 1. The summed E-state index contributed by atoms with van der Waals surface area (Å²) in [6.07, 6.45) is 2.32. The molecule has 0 spiro atoms. The number of hydrogen-bond donors (Lipinski definition) is 1. The molecule has 4 rings (SSSR count). The number of benzene rings is 2. The molecule has 1 N–H and O–H groups in total. The minimum atomic E-state index is -0.176. The third-order valence-electron chi connectivity index (χ3n) is 5.97. The van der Waals surface area contributed by atoms with Gasteiger partial charge in [0.25, 0.3) is 0 Å². The standard InChI is InChI=1S/C25H28ClN3O4/c1-2-32-21-8-6-18(7-9-21)24-28-23(33-29-24)11-10-22(30)27-17-25(12-14-31-15-13-25)19-4-3-5-20(26)16-19/h3-9,16H,2,10-15,17H2,1H3,(H,27,30). The van der Waals surface area contributed by atoms with Crippen molar-refractivity contribution in [3.63, 3.8) is 0 Å². The summed E-state index contributed by atoms with van der Waals surface area (Å²) in [6.45, 7) is 4.42. The van der Waals surface area contributed by atoms with Gasteiger partial charge in [0.1, 0.15) is 5.75 Å². The van der Waals surface area contributed by atoms with Crippen LogP contribution >= 0.6 is 11.6 Å². The zero-order valence-electron chi connectivity index (χ0n) is 18.7. The maximum Gasteiger partial charge on any atom is 0.227 e. The average Bonchev–Trinajstić information content (AvgIpc) is 3.32. The number of halogens is 1. The molecular weight excluding hydrogens is 442 g/mol. The lowest BCUT2D eigenvalue weighted by molar-refractivity contribution is -0.121. The van der Waals surface area contributed by atoms with E-state index in [1.165, 1.54) is 0 Å². The lowest BCUT2D eigenvalue weighted by Gasteiger charge is -2.38. The molecule has 8 heteroatoms. The number of ether oxygens (including phenoxy) is 2. The van der Waals surface area contributed by atoms with Crippen LogP contribution in [0.25, 0.3) is 11.4 Å². The number of aromatic nitrogens is 2. The summed E-state index contributed by atoms with van der Waals surface area (Å²) in [7, 11) is 0. The molecule has 0 atom stereocenters. The molecule has 0 bridgehead atoms. The molecular formula is C25H28ClN3O4. The van der Waals surface area contributed by atoms with Crippen LogP contribution in [0.2, 0.25) is 5.02 Å². The second-order valence-electron chi connectivity index (χ2n) is 8.15. The Morgan fingerprint density at radius 2 is 1.97 bits per heavy atom. The molecule has 0 aliphatic carbocycles. The first-order valence-electron chi connectivity index (χ1n) is 11.2. The molecule has 2 aromatic carbocycles. The monoisotopic (exact) mass is 469 g/mol. The van der Waals surface area contributed by atoms with Gasteiger partial charge in [0.2, 0.25) is 17.6 Å². The molecule has 1 aliphatic heterocycles. The molecule has 1 aromatic heterocycles. The SMILES string of the molecule is CCOc1ccc(-c2noc(CCC(=O)NCC3(c4cccc(Cl)c4)CCOCC3)n2)cc1. The van der Waals surface area contributed by atoms with Gasteiger partial charge in [0, 0.05) is 48.6 Å². The predicted molar refractivity (Wildman–Crippen MR) is 125 cm³/mol. The molecule has 0 radical (unpaired) electrons. The molecule has 1 amide bonds. The quantitative estimate of drug-likeness (QED) is 0.493. The van der Waals surface area contributed by atoms with E-state index in [0.717, 1.165) is 29.7 Å². The number of nitrogens with zero attached hydrogens (tertiary/aromatic N) is 2. The summed E-state index contributed by atoms with van der Waals surface area (Å²) in [5.41, 5.74) is 1.79. The van der Waals surface area contributed by atoms with Crippen molar-refractivity contribution in [1.29, 1.82) is 0 Å². The first-order chi connectivity index (χ1) is 16.1. The van der Waals surface area contributed by atoms with E-state index in [4.69, 9.17) is 25.6 Å². The molecule has 0 saturated carbocycles. The third-order valence-corrected chi connectivity index (χ3v) is 6.20. The van der Waals surface area contributed by atoms with Crippen molar-refractivity contribution in [3.8, 4) is 17.1 Å². The highest BCUT2D eigenvalue weighted by molar-refractivity contribution is 6.30. The van der Waals surface area contributed by atoms with E-state index in [0.29, 0.717) is 49.5 Å². The first kappa shape index (κ1) is 23.3. The van der Waals surface area contributed by atoms with Gasteiger partial charge in [0.15, 0.2) is 0 Å². The van der Waals surface area contributed by atoms with E-state index in [1.54, 1.807) is 0 Å². The van der Waals surface area contributed by atoms with E-state index >= 15 is 0 Å². The Bertz CT molecular complexity index is 1060. The van der Waals surface area contributed by atoms with Crippen molar-refractivity contribution in [2.24, 2.45) is 0 Å². The third kappa shape index (κ3) is 5.92. The van der Waals surface area contributed by atoms with Crippen LogP contribution in [-0.4, -0.2) is 42.4 Å². The van der Waals surface area contributed by atoms with Crippen LogP contribution in [0.5, 0.6) is 5.75 Å². The van der Waals surface area contributed by atoms with Crippen LogP contribution in [0.3, 0.4) is 0 Å². The van der Waals surface area contributed by atoms with Gasteiger partial charge in [-0.1, -0.05) is 28.9 Å². The van der Waals surface area contributed by atoms with Crippen LogP contribution in [0, 0.1) is 0 Å². The lowest BCUT2D eigenvalue weighted by Crippen LogP contribution is -2.44. The van der Waals surface area contributed by atoms with Crippen LogP contribution in [0.1, 0.15) is 37.6 Å². The predicted octanol–water partition coefficient (Wildman–Crippen LogP) is 4.59. The van der Waals surface area contributed by atoms with Gasteiger partial charge >= 0.3 is 0 Å². The van der Waals surface area contributed by atoms with Crippen molar-refractivity contribution in [3.05, 3.63) is 65.0 Å². The fraction of sp³-hybridized carbons (Fsp3) is 0.400. The van der Waals surface area contributed by atoms with Crippen molar-refractivity contribution < 1.29 is 18.8 Å². The number of amides is 1. The maximum atomic E-state index is 12.6. The van der Waals surface area contributed by atoms with Gasteiger partial charge in [-0.2, -0.15) is 4.98 Å². The van der Waals surface area contributed by atoms with Crippen LogP contribution < -0.4 is 10.1 Å². The van der Waals surface area contributed by atoms with Gasteiger partial charge < -0.3 is 19.3 Å². The summed E-state index contributed by atoms with van der Waals surface area (Å²) in [5.74, 6) is 1.67. The highest BCUT2D eigenvalue weighted by Gasteiger charge is 2.35. The van der Waals surface area contributed by atoms with Gasteiger partial charge in [-0.05, 0) is 61.7 Å². The van der Waals surface area contributed by atoms with Crippen molar-refractivity contribution in [2.45, 2.75) is 38.0 Å². The molecule has 33 heavy (non-hydrogen) atoms. The van der Waals surface area contributed by atoms with Crippen molar-refractivity contribution >= 4 is 17.5 Å². The van der Waals surface area contributed by atoms with Crippen molar-refractivity contribution in [2.75, 3.05) is 26.4 Å². The molecule has 174 valence electrons. The van der Waals surface area contributed by atoms with Gasteiger partial charge in [-0.15, -0.1) is 0 Å². The summed E-state index contributed by atoms with van der Waals surface area (Å²) in [5, 5.41) is 7.83. The Morgan fingerprint density at radius 1 is 1.18 bits per heavy atom. The summed E-state index contributed by atoms with van der Waals surface area (Å²) < 4.78 is 16.4. The molecule has 1 saturated heterocycles. The zero-order valence-corrected chi connectivity index (χ0v) is 19.4. The molecule has 0 unspecified atom stereocenters. The minimum absolute atomic E-state index is 0.0521. The number of rotatable bonds is 9. The highest BCUT2D eigenvalue weighted by atomic mass is 35.5. The molecule has 1 aliphatic rings. The van der Waals surface area contributed by atoms with Crippen molar-refractivity contribution in [1.82, 2.24) is 15.5 Å². The molecule has 7 nitrogen and oxygen atoms in total. The smallest absolute Gasteiger partial charge is 0.227 e. The number of hydrogen-bond acceptors (Lipinski definition) is 6. The number of carbonyl (C=O) groups excluding carboxylic acids is 1. The Morgan fingerprint density at radius 3 is 2.70 bits per heavy atom. The van der Waals surface area contributed by atoms with Crippen LogP contribution in [0.4, 0.5) is 0 Å². The topological polar surface area (TPSA) is 86.5 Å². The maximum absolute atomic E-state index is 12.6. The Hall–Kier alpha value is -2.90. The Labute approximate surface area is 198 Å². The van der Waals surface area contributed by atoms with Gasteiger partial charge in [-0.25, -0.2) is 0 Å². The second-order valence-corrected chi connectivity index (χ2v) is 8.59. The Kier molecular flexibility index (Phi) is 7.62. The van der Waals surface area contributed by atoms with Gasteiger partial charge in [-0.3, -0.25) is 4.79 Å². The van der Waals surface area contributed by atoms with E-state index in [9.17, 15) is 4.79 Å². The minimum Gasteiger partial charge on any atom is -0.494 e. The fourth-order valence-corrected chi connectivity index (χ4v) is 4.26. The Balaban J connectivity index is 1.32. The van der Waals surface area contributed by atoms with Gasteiger partial charge in [0.05, 0.1) is 6.61 Å². The van der Waals surface area contributed by atoms with E-state index in [2.05, 4.69) is 21.5 Å². The number of aryl methyl sites for hydroxylation is 1. The largest absolute Gasteiger partial charge is 0.494 e. The molecule has 2 heterocycles. The fourth-order valence-electron chi connectivity index (χ4n) is 4.07. The average molecular weight is 470 g/mol.